The third-order valence-corrected chi connectivity index (χ3v) is 3.25. The molecule has 8 heteroatoms. The molecule has 0 saturated carbocycles. The summed E-state index contributed by atoms with van der Waals surface area (Å²) in [6.07, 6.45) is 0. The number of carbonyl (C=O) groups excluding carboxylic acids is 1. The summed E-state index contributed by atoms with van der Waals surface area (Å²) in [6, 6.07) is 1.02. The molecule has 0 aliphatic heterocycles. The summed E-state index contributed by atoms with van der Waals surface area (Å²) in [5, 5.41) is 13.2. The number of nitrogens with zero attached hydrogens (tertiary/aromatic N) is 1. The highest BCUT2D eigenvalue weighted by molar-refractivity contribution is 7.13. The Kier molecular flexibility index (Phi) is 3.75. The van der Waals surface area contributed by atoms with Gasteiger partial charge in [0.15, 0.2) is 16.8 Å². The van der Waals surface area contributed by atoms with Crippen LogP contribution in [0.15, 0.2) is 17.5 Å². The second-order valence-corrected chi connectivity index (χ2v) is 4.72. The number of aromatic carboxylic acids is 1. The van der Waals surface area contributed by atoms with Crippen LogP contribution >= 0.6 is 11.3 Å². The molecule has 0 spiro atoms. The van der Waals surface area contributed by atoms with E-state index < -0.39 is 34.6 Å². The van der Waals surface area contributed by atoms with Crippen molar-refractivity contribution in [1.29, 1.82) is 0 Å². The van der Waals surface area contributed by atoms with Gasteiger partial charge in [-0.25, -0.2) is 18.6 Å². The van der Waals surface area contributed by atoms with E-state index in [9.17, 15) is 18.4 Å². The van der Waals surface area contributed by atoms with Gasteiger partial charge in [-0.2, -0.15) is 0 Å². The van der Waals surface area contributed by atoms with Crippen molar-refractivity contribution >= 4 is 28.3 Å². The molecule has 1 amide bonds. The Balaban J connectivity index is 2.38. The van der Waals surface area contributed by atoms with E-state index in [2.05, 4.69) is 10.3 Å². The number of nitrogens with one attached hydrogen (secondary N) is 1. The highest BCUT2D eigenvalue weighted by Crippen LogP contribution is 2.19. The summed E-state index contributed by atoms with van der Waals surface area (Å²) in [5.41, 5.74) is -0.409. The van der Waals surface area contributed by atoms with Gasteiger partial charge in [-0.05, 0) is 19.1 Å². The average Bonchev–Trinajstić information content (AvgIpc) is 2.77. The number of halogens is 2. The summed E-state index contributed by atoms with van der Waals surface area (Å²) in [7, 11) is 0. The van der Waals surface area contributed by atoms with E-state index in [0.29, 0.717) is 17.8 Å². The lowest BCUT2D eigenvalue weighted by atomic mass is 10.1. The molecule has 1 aromatic carbocycles. The van der Waals surface area contributed by atoms with Gasteiger partial charge in [0.25, 0.3) is 5.91 Å². The van der Waals surface area contributed by atoms with Crippen molar-refractivity contribution in [2.45, 2.75) is 6.92 Å². The minimum atomic E-state index is -1.52. The number of amides is 1. The molecule has 2 rings (SSSR count). The summed E-state index contributed by atoms with van der Waals surface area (Å²) < 4.78 is 26.2. The second kappa shape index (κ2) is 5.33. The molecule has 0 saturated heterocycles. The van der Waals surface area contributed by atoms with Crippen LogP contribution < -0.4 is 5.32 Å². The van der Waals surface area contributed by atoms with E-state index in [4.69, 9.17) is 5.11 Å². The number of benzene rings is 1. The summed E-state index contributed by atoms with van der Waals surface area (Å²) in [4.78, 5) is 26.8. The van der Waals surface area contributed by atoms with E-state index in [-0.39, 0.29) is 5.13 Å². The minimum Gasteiger partial charge on any atom is -0.478 e. The summed E-state index contributed by atoms with van der Waals surface area (Å²) in [5.74, 6) is -5.01. The van der Waals surface area contributed by atoms with Crippen molar-refractivity contribution in [2.24, 2.45) is 0 Å². The van der Waals surface area contributed by atoms with Crippen molar-refractivity contribution < 1.29 is 23.5 Å². The maximum atomic E-state index is 13.2. The van der Waals surface area contributed by atoms with Crippen LogP contribution in [0.5, 0.6) is 0 Å². The minimum absolute atomic E-state index is 0.244. The Hall–Kier alpha value is -2.35. The number of aryl methyl sites for hydroxylation is 1. The van der Waals surface area contributed by atoms with Gasteiger partial charge in [0.2, 0.25) is 0 Å². The SMILES string of the molecule is Cc1csc(NC(=O)c2cc(F)c(F)cc2C(=O)O)n1. The number of hydrogen-bond acceptors (Lipinski definition) is 4. The standard InChI is InChI=1S/C12H8F2N2O3S/c1-5-4-20-12(15-5)16-10(17)6-2-8(13)9(14)3-7(6)11(18)19/h2-4H,1H3,(H,18,19)(H,15,16,17). The lowest BCUT2D eigenvalue weighted by Crippen LogP contribution is -2.17. The molecule has 2 aromatic rings. The first-order valence-electron chi connectivity index (χ1n) is 5.34. The van der Waals surface area contributed by atoms with E-state index in [0.717, 1.165) is 11.3 Å². The molecular weight excluding hydrogens is 290 g/mol. The number of hydrogen-bond donors (Lipinski definition) is 2. The zero-order valence-corrected chi connectivity index (χ0v) is 10.9. The quantitative estimate of drug-likeness (QED) is 0.913. The maximum absolute atomic E-state index is 13.2. The van der Waals surface area contributed by atoms with Crippen LogP contribution in [0.1, 0.15) is 26.4 Å². The van der Waals surface area contributed by atoms with Crippen LogP contribution in [0.2, 0.25) is 0 Å². The van der Waals surface area contributed by atoms with Crippen LogP contribution in [-0.2, 0) is 0 Å². The molecule has 0 bridgehead atoms. The summed E-state index contributed by atoms with van der Waals surface area (Å²) >= 11 is 1.14. The third-order valence-electron chi connectivity index (χ3n) is 2.37. The first kappa shape index (κ1) is 14.1. The monoisotopic (exact) mass is 298 g/mol. The lowest BCUT2D eigenvalue weighted by Gasteiger charge is -2.06. The van der Waals surface area contributed by atoms with E-state index >= 15 is 0 Å². The fraction of sp³-hybridized carbons (Fsp3) is 0.0833. The van der Waals surface area contributed by atoms with Gasteiger partial charge in [-0.1, -0.05) is 0 Å². The Morgan fingerprint density at radius 2 is 1.85 bits per heavy atom. The smallest absolute Gasteiger partial charge is 0.336 e. The lowest BCUT2D eigenvalue weighted by molar-refractivity contribution is 0.0691. The highest BCUT2D eigenvalue weighted by atomic mass is 32.1. The van der Waals surface area contributed by atoms with Gasteiger partial charge in [0.1, 0.15) is 0 Å². The van der Waals surface area contributed by atoms with Gasteiger partial charge in [-0.15, -0.1) is 11.3 Å². The normalized spacial score (nSPS) is 10.3. The largest absolute Gasteiger partial charge is 0.478 e. The predicted molar refractivity (Wildman–Crippen MR) is 68.1 cm³/mol. The van der Waals surface area contributed by atoms with Crippen LogP contribution in [-0.4, -0.2) is 22.0 Å². The maximum Gasteiger partial charge on any atom is 0.336 e. The molecule has 0 atom stereocenters. The Morgan fingerprint density at radius 3 is 2.35 bits per heavy atom. The fourth-order valence-corrected chi connectivity index (χ4v) is 2.17. The molecular formula is C12H8F2N2O3S. The van der Waals surface area contributed by atoms with Crippen LogP contribution in [0.4, 0.5) is 13.9 Å². The van der Waals surface area contributed by atoms with Crippen molar-refractivity contribution in [3.8, 4) is 0 Å². The Morgan fingerprint density at radius 1 is 1.25 bits per heavy atom. The first-order valence-corrected chi connectivity index (χ1v) is 6.22. The van der Waals surface area contributed by atoms with Crippen molar-refractivity contribution in [3.63, 3.8) is 0 Å². The number of aromatic nitrogens is 1. The molecule has 0 unspecified atom stereocenters. The van der Waals surface area contributed by atoms with Gasteiger partial charge >= 0.3 is 5.97 Å². The molecule has 1 aromatic heterocycles. The topological polar surface area (TPSA) is 79.3 Å². The molecule has 0 fully saturated rings. The second-order valence-electron chi connectivity index (χ2n) is 3.87. The Labute approximate surface area is 115 Å². The fourth-order valence-electron chi connectivity index (χ4n) is 1.49. The van der Waals surface area contributed by atoms with Gasteiger partial charge < -0.3 is 5.11 Å². The molecule has 5 nitrogen and oxygen atoms in total. The van der Waals surface area contributed by atoms with Crippen molar-refractivity contribution in [3.05, 3.63) is 46.0 Å². The average molecular weight is 298 g/mol. The van der Waals surface area contributed by atoms with Crippen LogP contribution in [0.3, 0.4) is 0 Å². The van der Waals surface area contributed by atoms with E-state index in [1.807, 2.05) is 0 Å². The number of rotatable bonds is 3. The number of thiazole rings is 1. The third kappa shape index (κ3) is 2.80. The summed E-state index contributed by atoms with van der Waals surface area (Å²) in [6.45, 7) is 1.71. The molecule has 0 aliphatic rings. The highest BCUT2D eigenvalue weighted by Gasteiger charge is 2.21. The van der Waals surface area contributed by atoms with Gasteiger partial charge in [-0.3, -0.25) is 10.1 Å². The molecule has 2 N–H and O–H groups in total. The number of carboxylic acid groups (broad SMARTS) is 1. The van der Waals surface area contributed by atoms with E-state index in [1.165, 1.54) is 0 Å². The zero-order valence-electron chi connectivity index (χ0n) is 10.1. The van der Waals surface area contributed by atoms with Gasteiger partial charge in [0.05, 0.1) is 16.8 Å². The molecule has 0 aliphatic carbocycles. The molecule has 1 heterocycles. The van der Waals surface area contributed by atoms with Crippen molar-refractivity contribution in [2.75, 3.05) is 5.32 Å². The predicted octanol–water partition coefficient (Wildman–Crippen LogP) is 2.68. The zero-order chi connectivity index (χ0) is 14.9. The number of anilines is 1. The van der Waals surface area contributed by atoms with Crippen LogP contribution in [0.25, 0.3) is 0 Å². The van der Waals surface area contributed by atoms with Crippen molar-refractivity contribution in [1.82, 2.24) is 4.98 Å². The molecule has 0 radical (unpaired) electrons. The number of carbonyl (C=O) groups is 2. The van der Waals surface area contributed by atoms with E-state index in [1.54, 1.807) is 12.3 Å². The Bertz CT molecular complexity index is 700. The first-order chi connectivity index (χ1) is 9.38. The molecule has 20 heavy (non-hydrogen) atoms. The molecule has 104 valence electrons. The number of carboxylic acids is 1. The van der Waals surface area contributed by atoms with Crippen LogP contribution in [0, 0.1) is 18.6 Å². The van der Waals surface area contributed by atoms with Gasteiger partial charge in [0, 0.05) is 5.38 Å².